The van der Waals surface area contributed by atoms with E-state index in [1.54, 1.807) is 0 Å². The molecule has 2 radical (unpaired) electrons. The third-order valence-electron chi connectivity index (χ3n) is 0.333. The molecular formula is C7H6O4. The minimum atomic E-state index is -1.23. The van der Waals surface area contributed by atoms with E-state index in [0.29, 0.717) is 0 Å². The largest absolute Gasteiger partial charge is 2.00 e. The molecule has 0 aliphatic carbocycles. The molecule has 0 aliphatic heterocycles. The Balaban J connectivity index is -0.000000107. The zero-order chi connectivity index (χ0) is 8.57. The molecule has 0 saturated heterocycles. The summed E-state index contributed by atoms with van der Waals surface area (Å²) in [7, 11) is 0. The van der Waals surface area contributed by atoms with Gasteiger partial charge in [0.05, 0.1) is 11.9 Å². The first-order valence-electron chi connectivity index (χ1n) is 2.21. The van der Waals surface area contributed by atoms with Crippen molar-refractivity contribution in [3.8, 4) is 0 Å². The lowest BCUT2D eigenvalue weighted by Crippen LogP contribution is -2.17. The van der Waals surface area contributed by atoms with Crippen LogP contribution in [-0.4, -0.2) is 11.9 Å². The van der Waals surface area contributed by atoms with Crippen molar-refractivity contribution in [3.63, 3.8) is 0 Å². The Morgan fingerprint density at radius 3 is 1.09 bits per heavy atom. The number of carbonyl (C=O) groups is 2. The van der Waals surface area contributed by atoms with Gasteiger partial charge in [-0.3, -0.25) is 0 Å². The molecule has 0 rings (SSSR count). The third-order valence-corrected chi connectivity index (χ3v) is 0.333. The Morgan fingerprint density at radius 1 is 1.00 bits per heavy atom. The van der Waals surface area contributed by atoms with Crippen LogP contribution in [0, 0.1) is 7.43 Å². The number of aliphatic carboxylic acids is 2. The molecule has 11 heavy (non-hydrogen) atoms. The number of carboxylic acid groups (broad SMARTS) is 2. The molecule has 0 unspecified atom stereocenters. The molecule has 0 N–H and O–H groups in total. The van der Waals surface area contributed by atoms with Crippen LogP contribution < -0.4 is 10.2 Å². The van der Waals surface area contributed by atoms with E-state index >= 15 is 0 Å². The molecule has 0 saturated carbocycles. The fourth-order valence-corrected chi connectivity index (χ4v) is 0. The van der Waals surface area contributed by atoms with Crippen molar-refractivity contribution >= 4 is 11.9 Å². The zero-order valence-corrected chi connectivity index (χ0v) is 5.70. The van der Waals surface area contributed by atoms with Gasteiger partial charge in [-0.2, -0.15) is 0 Å². The summed E-state index contributed by atoms with van der Waals surface area (Å²) >= 11 is 0. The van der Waals surface area contributed by atoms with Crippen molar-refractivity contribution in [1.82, 2.24) is 0 Å². The summed E-state index contributed by atoms with van der Waals surface area (Å²) in [4.78, 5) is 18.3. The monoisotopic (exact) mass is 154 g/mol. The van der Waals surface area contributed by atoms with Crippen LogP contribution in [0.2, 0.25) is 0 Å². The molecule has 58 valence electrons. The smallest absolute Gasteiger partial charge is 0.545 e. The van der Waals surface area contributed by atoms with Crippen LogP contribution in [0.15, 0.2) is 25.3 Å². The topological polar surface area (TPSA) is 80.3 Å². The summed E-state index contributed by atoms with van der Waals surface area (Å²) in [5.74, 6) is -2.46. The lowest BCUT2D eigenvalue weighted by Gasteiger charge is -1.81. The van der Waals surface area contributed by atoms with E-state index in [2.05, 4.69) is 13.2 Å². The van der Waals surface area contributed by atoms with Gasteiger partial charge in [-0.25, -0.2) is 0 Å². The zero-order valence-electron chi connectivity index (χ0n) is 5.70. The van der Waals surface area contributed by atoms with Crippen LogP contribution >= 0.6 is 0 Å². The summed E-state index contributed by atoms with van der Waals surface area (Å²) < 4.78 is 0. The molecule has 0 fully saturated rings. The highest BCUT2D eigenvalue weighted by molar-refractivity contribution is 5.76. The van der Waals surface area contributed by atoms with Crippen molar-refractivity contribution in [3.05, 3.63) is 32.7 Å². The van der Waals surface area contributed by atoms with Crippen molar-refractivity contribution in [2.24, 2.45) is 0 Å². The molecule has 0 atom stereocenters. The van der Waals surface area contributed by atoms with Crippen LogP contribution in [-0.2, 0) is 9.59 Å². The second kappa shape index (κ2) is 11.1. The Kier molecular flexibility index (Phi) is 16.2. The minimum Gasteiger partial charge on any atom is -0.545 e. The third kappa shape index (κ3) is 65.1. The van der Waals surface area contributed by atoms with Crippen molar-refractivity contribution in [2.75, 3.05) is 0 Å². The standard InChI is InChI=1S/2C3H4O2.C/c2*1-2-3(4)5;/h2*2H,1H2,(H,4,5);/q;;+2/p-2. The van der Waals surface area contributed by atoms with Gasteiger partial charge in [-0.1, -0.05) is 13.2 Å². The van der Waals surface area contributed by atoms with E-state index in [1.807, 2.05) is 0 Å². The average molecular weight is 154 g/mol. The Bertz CT molecular complexity index is 131. The molecule has 4 nitrogen and oxygen atoms in total. The second-order valence-electron chi connectivity index (χ2n) is 1.05. The number of hydrogen-bond acceptors (Lipinski definition) is 4. The number of rotatable bonds is 2. The van der Waals surface area contributed by atoms with Crippen molar-refractivity contribution < 1.29 is 19.8 Å². The highest BCUT2D eigenvalue weighted by Gasteiger charge is 2.00. The van der Waals surface area contributed by atoms with Gasteiger partial charge in [0.2, 0.25) is 0 Å². The van der Waals surface area contributed by atoms with Crippen molar-refractivity contribution in [2.45, 2.75) is 0 Å². The van der Waals surface area contributed by atoms with Crippen LogP contribution in [0.1, 0.15) is 0 Å². The first-order chi connectivity index (χ1) is 4.54. The quantitative estimate of drug-likeness (QED) is 0.428. The summed E-state index contributed by atoms with van der Waals surface area (Å²) in [6.45, 7) is 5.80. The van der Waals surface area contributed by atoms with Crippen LogP contribution in [0.3, 0.4) is 0 Å². The molecule has 0 heterocycles. The molecule has 4 heteroatoms. The second-order valence-corrected chi connectivity index (χ2v) is 1.05. The fraction of sp³-hybridized carbons (Fsp3) is 0. The lowest BCUT2D eigenvalue weighted by molar-refractivity contribution is -0.298. The normalized spacial score (nSPS) is 5.82. The van der Waals surface area contributed by atoms with Gasteiger partial charge in [0.1, 0.15) is 0 Å². The fourth-order valence-electron chi connectivity index (χ4n) is 0. The summed E-state index contributed by atoms with van der Waals surface area (Å²) in [6, 6.07) is 0. The van der Waals surface area contributed by atoms with Gasteiger partial charge in [0.15, 0.2) is 0 Å². The van der Waals surface area contributed by atoms with Gasteiger partial charge in [0, 0.05) is 0 Å². The summed E-state index contributed by atoms with van der Waals surface area (Å²) in [6.07, 6.45) is 1.44. The maximum Gasteiger partial charge on any atom is 2.00 e. The van der Waals surface area contributed by atoms with Crippen molar-refractivity contribution in [1.29, 1.82) is 0 Å². The molecule has 0 aromatic heterocycles. The van der Waals surface area contributed by atoms with E-state index in [-0.39, 0.29) is 7.43 Å². The number of hydrogen-bond donors (Lipinski definition) is 0. The average Bonchev–Trinajstić information content (AvgIpc) is 1.89. The number of carbonyl (C=O) groups excluding carboxylic acids is 2. The summed E-state index contributed by atoms with van der Waals surface area (Å²) in [5.41, 5.74) is 0. The minimum absolute atomic E-state index is 0. The van der Waals surface area contributed by atoms with Gasteiger partial charge in [0.25, 0.3) is 0 Å². The molecule has 0 aromatic carbocycles. The molecular weight excluding hydrogens is 148 g/mol. The summed E-state index contributed by atoms with van der Waals surface area (Å²) in [5, 5.41) is 18.3. The van der Waals surface area contributed by atoms with E-state index < -0.39 is 11.9 Å². The highest BCUT2D eigenvalue weighted by atomic mass is 16.4. The van der Waals surface area contributed by atoms with Crippen LogP contribution in [0.5, 0.6) is 0 Å². The molecule has 0 aliphatic rings. The maximum atomic E-state index is 9.14. The lowest BCUT2D eigenvalue weighted by atomic mass is 10.7. The SMILES string of the molecule is C=CC(=O)[O-].C=CC(=O)[O-].[C+2]. The first-order valence-corrected chi connectivity index (χ1v) is 2.21. The molecule has 0 amide bonds. The first kappa shape index (κ1) is 16.1. The highest BCUT2D eigenvalue weighted by Crippen LogP contribution is 1.47. The van der Waals surface area contributed by atoms with Gasteiger partial charge in [-0.05, 0) is 12.2 Å². The van der Waals surface area contributed by atoms with E-state index in [1.165, 1.54) is 0 Å². The van der Waals surface area contributed by atoms with Crippen LogP contribution in [0.4, 0.5) is 0 Å². The van der Waals surface area contributed by atoms with Gasteiger partial charge >= 0.3 is 7.43 Å². The predicted molar refractivity (Wildman–Crippen MR) is 33.7 cm³/mol. The van der Waals surface area contributed by atoms with E-state index in [9.17, 15) is 0 Å². The van der Waals surface area contributed by atoms with Gasteiger partial charge < -0.3 is 19.8 Å². The van der Waals surface area contributed by atoms with Crippen LogP contribution in [0.25, 0.3) is 0 Å². The predicted octanol–water partition coefficient (Wildman–Crippen LogP) is -2.07. The Morgan fingerprint density at radius 2 is 1.09 bits per heavy atom. The van der Waals surface area contributed by atoms with Gasteiger partial charge in [-0.15, -0.1) is 0 Å². The molecule has 0 aromatic rings. The molecule has 0 bridgehead atoms. The Labute approximate surface area is 65.5 Å². The van der Waals surface area contributed by atoms with E-state index in [0.717, 1.165) is 12.2 Å². The maximum absolute atomic E-state index is 9.14. The Hall–Kier alpha value is -1.80. The molecule has 0 spiro atoms. The number of carboxylic acids is 2. The van der Waals surface area contributed by atoms with E-state index in [4.69, 9.17) is 19.8 Å².